The Morgan fingerprint density at radius 2 is 1.36 bits per heavy atom. The average Bonchev–Trinajstić information content (AvgIpc) is 3.00. The van der Waals surface area contributed by atoms with Crippen molar-refractivity contribution in [3.8, 4) is 22.3 Å². The number of hydrogen-bond acceptors (Lipinski definition) is 2. The first-order valence-corrected chi connectivity index (χ1v) is 6.78. The molecule has 22 heavy (non-hydrogen) atoms. The fraction of sp³-hybridized carbons (Fsp3) is 0. The van der Waals surface area contributed by atoms with Gasteiger partial charge < -0.3 is 10.1 Å². The van der Waals surface area contributed by atoms with E-state index in [0.717, 1.165) is 16.7 Å². The number of hydrogen-bond donors (Lipinski definition) is 2. The Labute approximate surface area is 127 Å². The normalized spacial score (nSPS) is 10.4. The topological polar surface area (TPSA) is 70.2 Å². The van der Waals surface area contributed by atoms with Crippen LogP contribution in [0.3, 0.4) is 0 Å². The molecule has 0 aliphatic carbocycles. The zero-order chi connectivity index (χ0) is 15.5. The Hall–Kier alpha value is -3.14. The molecular weight excluding hydrogens is 278 g/mol. The van der Waals surface area contributed by atoms with Gasteiger partial charge in [-0.25, -0.2) is 4.79 Å². The summed E-state index contributed by atoms with van der Waals surface area (Å²) in [5.41, 5.74) is 3.22. The number of carbonyl (C=O) groups excluding carboxylic acids is 1. The molecule has 108 valence electrons. The molecular formula is C18H13NO3. The summed E-state index contributed by atoms with van der Waals surface area (Å²) in [5.74, 6) is -2.42. The summed E-state index contributed by atoms with van der Waals surface area (Å²) in [4.78, 5) is 25.8. The summed E-state index contributed by atoms with van der Waals surface area (Å²) >= 11 is 0. The molecule has 0 unspecified atom stereocenters. The smallest absolute Gasteiger partial charge is 0.378 e. The molecule has 2 N–H and O–H groups in total. The van der Waals surface area contributed by atoms with Crippen LogP contribution in [-0.2, 0) is 4.79 Å². The van der Waals surface area contributed by atoms with Crippen molar-refractivity contribution in [1.29, 1.82) is 0 Å². The molecule has 0 amide bonds. The van der Waals surface area contributed by atoms with Crippen molar-refractivity contribution in [3.63, 3.8) is 0 Å². The number of carboxylic acids is 1. The van der Waals surface area contributed by atoms with E-state index in [9.17, 15) is 9.59 Å². The molecule has 0 saturated heterocycles. The standard InChI is InChI=1S/C18H13NO3/c20-17(18(21)22)16-15(13-9-5-2-6-10-13)14(11-19-16)12-7-3-1-4-8-12/h1-11,19H,(H,21,22). The SMILES string of the molecule is O=C(O)C(=O)c1[nH]cc(-c2ccccc2)c1-c1ccccc1. The lowest BCUT2D eigenvalue weighted by Crippen LogP contribution is -2.14. The summed E-state index contributed by atoms with van der Waals surface area (Å²) in [6.45, 7) is 0. The predicted molar refractivity (Wildman–Crippen MR) is 83.6 cm³/mol. The number of rotatable bonds is 4. The average molecular weight is 291 g/mol. The Balaban J connectivity index is 2.25. The molecule has 3 aromatic rings. The molecule has 1 aromatic heterocycles. The molecule has 0 fully saturated rings. The van der Waals surface area contributed by atoms with Crippen LogP contribution < -0.4 is 0 Å². The Morgan fingerprint density at radius 1 is 0.818 bits per heavy atom. The van der Waals surface area contributed by atoms with Crippen LogP contribution in [0.4, 0.5) is 0 Å². The van der Waals surface area contributed by atoms with Gasteiger partial charge in [0.2, 0.25) is 0 Å². The molecule has 0 radical (unpaired) electrons. The van der Waals surface area contributed by atoms with Gasteiger partial charge in [0.05, 0.1) is 0 Å². The highest BCUT2D eigenvalue weighted by atomic mass is 16.4. The number of benzene rings is 2. The summed E-state index contributed by atoms with van der Waals surface area (Å²) in [6, 6.07) is 18.8. The van der Waals surface area contributed by atoms with E-state index in [1.807, 2.05) is 60.7 Å². The Morgan fingerprint density at radius 3 is 1.91 bits per heavy atom. The lowest BCUT2D eigenvalue weighted by atomic mass is 9.95. The molecule has 0 saturated carbocycles. The minimum atomic E-state index is -1.47. The lowest BCUT2D eigenvalue weighted by molar-refractivity contribution is -0.131. The number of Topliss-reactive ketones (excluding diaryl/α,β-unsaturated/α-hetero) is 1. The van der Waals surface area contributed by atoms with Gasteiger partial charge in [0, 0.05) is 17.3 Å². The van der Waals surface area contributed by atoms with E-state index in [4.69, 9.17) is 5.11 Å². The minimum absolute atomic E-state index is 0.0950. The number of carbonyl (C=O) groups is 2. The molecule has 4 nitrogen and oxygen atoms in total. The monoisotopic (exact) mass is 291 g/mol. The van der Waals surface area contributed by atoms with Gasteiger partial charge in [-0.1, -0.05) is 60.7 Å². The van der Waals surface area contributed by atoms with Gasteiger partial charge in [-0.3, -0.25) is 4.79 Å². The summed E-state index contributed by atoms with van der Waals surface area (Å²) in [7, 11) is 0. The second-order valence-corrected chi connectivity index (χ2v) is 4.82. The second-order valence-electron chi connectivity index (χ2n) is 4.82. The van der Waals surface area contributed by atoms with Crippen molar-refractivity contribution in [2.24, 2.45) is 0 Å². The van der Waals surface area contributed by atoms with E-state index >= 15 is 0 Å². The second kappa shape index (κ2) is 5.69. The third kappa shape index (κ3) is 2.42. The molecule has 1 heterocycles. The molecule has 0 spiro atoms. The van der Waals surface area contributed by atoms with Crippen LogP contribution in [0.15, 0.2) is 66.9 Å². The fourth-order valence-electron chi connectivity index (χ4n) is 2.46. The quantitative estimate of drug-likeness (QED) is 0.570. The summed E-state index contributed by atoms with van der Waals surface area (Å²) in [6.07, 6.45) is 1.67. The van der Waals surface area contributed by atoms with Crippen molar-refractivity contribution in [2.75, 3.05) is 0 Å². The van der Waals surface area contributed by atoms with Gasteiger partial charge in [-0.15, -0.1) is 0 Å². The first kappa shape index (κ1) is 13.8. The van der Waals surface area contributed by atoms with Crippen LogP contribution in [0.5, 0.6) is 0 Å². The van der Waals surface area contributed by atoms with Crippen molar-refractivity contribution < 1.29 is 14.7 Å². The number of carboxylic acid groups (broad SMARTS) is 1. The highest BCUT2D eigenvalue weighted by Gasteiger charge is 2.24. The van der Waals surface area contributed by atoms with E-state index < -0.39 is 11.8 Å². The van der Waals surface area contributed by atoms with E-state index in [0.29, 0.717) is 5.56 Å². The zero-order valence-electron chi connectivity index (χ0n) is 11.6. The van der Waals surface area contributed by atoms with Gasteiger partial charge >= 0.3 is 5.97 Å². The molecule has 3 rings (SSSR count). The van der Waals surface area contributed by atoms with Crippen LogP contribution >= 0.6 is 0 Å². The predicted octanol–water partition coefficient (Wildman–Crippen LogP) is 3.62. The first-order chi connectivity index (χ1) is 10.7. The van der Waals surface area contributed by atoms with Crippen molar-refractivity contribution >= 4 is 11.8 Å². The van der Waals surface area contributed by atoms with Crippen molar-refractivity contribution in [1.82, 2.24) is 4.98 Å². The summed E-state index contributed by atoms with van der Waals surface area (Å²) in [5, 5.41) is 9.02. The maximum Gasteiger partial charge on any atom is 0.378 e. The zero-order valence-corrected chi connectivity index (χ0v) is 11.6. The van der Waals surface area contributed by atoms with E-state index in [1.54, 1.807) is 6.20 Å². The van der Waals surface area contributed by atoms with Crippen molar-refractivity contribution in [3.05, 3.63) is 72.6 Å². The summed E-state index contributed by atoms with van der Waals surface area (Å²) < 4.78 is 0. The number of aliphatic carboxylic acids is 1. The fourth-order valence-corrected chi connectivity index (χ4v) is 2.46. The van der Waals surface area contributed by atoms with Crippen LogP contribution in [0.25, 0.3) is 22.3 Å². The van der Waals surface area contributed by atoms with E-state index in [2.05, 4.69) is 4.98 Å². The van der Waals surface area contributed by atoms with Gasteiger partial charge in [-0.2, -0.15) is 0 Å². The molecule has 0 atom stereocenters. The van der Waals surface area contributed by atoms with Crippen molar-refractivity contribution in [2.45, 2.75) is 0 Å². The van der Waals surface area contributed by atoms with E-state index in [-0.39, 0.29) is 5.69 Å². The maximum atomic E-state index is 12.0. The van der Waals surface area contributed by atoms with Gasteiger partial charge in [0.15, 0.2) is 0 Å². The van der Waals surface area contributed by atoms with Gasteiger partial charge in [0.1, 0.15) is 5.69 Å². The minimum Gasteiger partial charge on any atom is -0.475 e. The maximum absolute atomic E-state index is 12.0. The third-order valence-corrected chi connectivity index (χ3v) is 3.45. The number of H-pyrrole nitrogens is 1. The molecule has 0 aliphatic heterocycles. The van der Waals surface area contributed by atoms with Crippen LogP contribution in [0.1, 0.15) is 10.5 Å². The Bertz CT molecular complexity index is 820. The largest absolute Gasteiger partial charge is 0.475 e. The highest BCUT2D eigenvalue weighted by Crippen LogP contribution is 2.35. The van der Waals surface area contributed by atoms with Gasteiger partial charge in [-0.05, 0) is 11.1 Å². The number of aromatic amines is 1. The molecule has 4 heteroatoms. The number of aromatic nitrogens is 1. The first-order valence-electron chi connectivity index (χ1n) is 6.78. The van der Waals surface area contributed by atoms with Crippen LogP contribution in [0, 0.1) is 0 Å². The molecule has 0 bridgehead atoms. The van der Waals surface area contributed by atoms with Crippen LogP contribution in [0.2, 0.25) is 0 Å². The van der Waals surface area contributed by atoms with Gasteiger partial charge in [0.25, 0.3) is 5.78 Å². The van der Waals surface area contributed by atoms with E-state index in [1.165, 1.54) is 0 Å². The van der Waals surface area contributed by atoms with Crippen LogP contribution in [-0.4, -0.2) is 21.8 Å². The molecule has 2 aromatic carbocycles. The third-order valence-electron chi connectivity index (χ3n) is 3.45. The Kier molecular flexibility index (Phi) is 3.58. The lowest BCUT2D eigenvalue weighted by Gasteiger charge is -2.06. The number of nitrogens with one attached hydrogen (secondary N) is 1. The highest BCUT2D eigenvalue weighted by molar-refractivity contribution is 6.41. The molecule has 0 aliphatic rings. The number of ketones is 1.